The maximum absolute atomic E-state index is 10.4. The first-order chi connectivity index (χ1) is 9.74. The Morgan fingerprint density at radius 1 is 1.10 bits per heavy atom. The Labute approximate surface area is 117 Å². The number of hydrogen-bond donors (Lipinski definition) is 1. The molecule has 5 heteroatoms. The summed E-state index contributed by atoms with van der Waals surface area (Å²) in [6.07, 6.45) is 5.88. The van der Waals surface area contributed by atoms with Gasteiger partial charge in [0.05, 0.1) is 0 Å². The number of nitrogens with zero attached hydrogens (tertiary/aromatic N) is 2. The second kappa shape index (κ2) is 7.23. The van der Waals surface area contributed by atoms with Crippen molar-refractivity contribution in [1.82, 2.24) is 9.97 Å². The number of carbonyl (C=O) groups is 1. The van der Waals surface area contributed by atoms with Gasteiger partial charge in [-0.15, -0.1) is 0 Å². The topological polar surface area (TPSA) is 72.3 Å². The van der Waals surface area contributed by atoms with Crippen LogP contribution < -0.4 is 4.74 Å². The monoisotopic (exact) mass is 272 g/mol. The average molecular weight is 272 g/mol. The quantitative estimate of drug-likeness (QED) is 0.646. The zero-order valence-corrected chi connectivity index (χ0v) is 11.0. The molecule has 0 radical (unpaired) electrons. The van der Waals surface area contributed by atoms with E-state index in [0.717, 1.165) is 36.9 Å². The second-order valence-corrected chi connectivity index (χ2v) is 4.40. The maximum Gasteiger partial charge on any atom is 0.512 e. The van der Waals surface area contributed by atoms with Crippen LogP contribution in [0.1, 0.15) is 24.1 Å². The van der Waals surface area contributed by atoms with Gasteiger partial charge in [-0.25, -0.2) is 9.78 Å². The van der Waals surface area contributed by atoms with Crippen molar-refractivity contribution in [2.24, 2.45) is 0 Å². The number of carboxylic acid groups (broad SMARTS) is 1. The lowest BCUT2D eigenvalue weighted by Gasteiger charge is -2.04. The molecular weight excluding hydrogens is 256 g/mol. The molecule has 2 aromatic rings. The molecule has 2 aromatic heterocycles. The molecule has 2 heterocycles. The number of hydrogen-bond acceptors (Lipinski definition) is 4. The summed E-state index contributed by atoms with van der Waals surface area (Å²) in [6, 6.07) is 9.45. The van der Waals surface area contributed by atoms with Gasteiger partial charge in [0.25, 0.3) is 0 Å². The fourth-order valence-corrected chi connectivity index (χ4v) is 1.93. The summed E-state index contributed by atoms with van der Waals surface area (Å²) in [6.45, 7) is 0. The van der Waals surface area contributed by atoms with Crippen molar-refractivity contribution in [2.75, 3.05) is 0 Å². The lowest BCUT2D eigenvalue weighted by molar-refractivity contribution is 0.142. The summed E-state index contributed by atoms with van der Waals surface area (Å²) < 4.78 is 4.53. The number of unbranched alkanes of at least 4 members (excludes halogenated alkanes) is 1. The molecule has 20 heavy (non-hydrogen) atoms. The Kier molecular flexibility index (Phi) is 5.06. The van der Waals surface area contributed by atoms with Gasteiger partial charge in [-0.2, -0.15) is 0 Å². The molecule has 1 N–H and O–H groups in total. The standard InChI is InChI=1S/C15H16N2O3/c18-15(19)20-14-11-12(8-10-17-14)5-1-2-6-13-7-3-4-9-16-13/h3-4,7-11H,1-2,5-6H2,(H,18,19). The lowest BCUT2D eigenvalue weighted by atomic mass is 10.1. The van der Waals surface area contributed by atoms with Crippen LogP contribution in [0, 0.1) is 0 Å². The van der Waals surface area contributed by atoms with Gasteiger partial charge in [0, 0.05) is 24.2 Å². The first-order valence-electron chi connectivity index (χ1n) is 6.49. The smallest absolute Gasteiger partial charge is 0.449 e. The van der Waals surface area contributed by atoms with Crippen LogP contribution in [0.25, 0.3) is 0 Å². The second-order valence-electron chi connectivity index (χ2n) is 4.40. The largest absolute Gasteiger partial charge is 0.512 e. The highest BCUT2D eigenvalue weighted by molar-refractivity contribution is 5.60. The third-order valence-electron chi connectivity index (χ3n) is 2.87. The molecule has 0 atom stereocenters. The van der Waals surface area contributed by atoms with Gasteiger partial charge >= 0.3 is 6.16 Å². The Morgan fingerprint density at radius 2 is 1.95 bits per heavy atom. The zero-order valence-electron chi connectivity index (χ0n) is 11.0. The summed E-state index contributed by atoms with van der Waals surface area (Å²) in [7, 11) is 0. The van der Waals surface area contributed by atoms with E-state index in [9.17, 15) is 4.79 Å². The van der Waals surface area contributed by atoms with Gasteiger partial charge in [0.1, 0.15) is 0 Å². The molecule has 104 valence electrons. The minimum Gasteiger partial charge on any atom is -0.449 e. The summed E-state index contributed by atoms with van der Waals surface area (Å²) in [5.74, 6) is 0.125. The van der Waals surface area contributed by atoms with Crippen LogP contribution in [0.15, 0.2) is 42.7 Å². The molecule has 5 nitrogen and oxygen atoms in total. The fourth-order valence-electron chi connectivity index (χ4n) is 1.93. The van der Waals surface area contributed by atoms with E-state index >= 15 is 0 Å². The van der Waals surface area contributed by atoms with Crippen molar-refractivity contribution in [3.8, 4) is 5.88 Å². The predicted molar refractivity (Wildman–Crippen MR) is 73.8 cm³/mol. The van der Waals surface area contributed by atoms with Crippen molar-refractivity contribution >= 4 is 6.16 Å². The van der Waals surface area contributed by atoms with E-state index in [0.29, 0.717) is 0 Å². The van der Waals surface area contributed by atoms with Gasteiger partial charge < -0.3 is 9.84 Å². The molecule has 0 saturated heterocycles. The number of pyridine rings is 2. The number of aryl methyl sites for hydroxylation is 2. The molecule has 0 saturated carbocycles. The van der Waals surface area contributed by atoms with Crippen molar-refractivity contribution in [3.05, 3.63) is 54.0 Å². The molecule has 0 aliphatic heterocycles. The third-order valence-corrected chi connectivity index (χ3v) is 2.87. The summed E-state index contributed by atoms with van der Waals surface area (Å²) >= 11 is 0. The van der Waals surface area contributed by atoms with Gasteiger partial charge in [0.15, 0.2) is 0 Å². The van der Waals surface area contributed by atoms with Crippen LogP contribution in [-0.4, -0.2) is 21.2 Å². The van der Waals surface area contributed by atoms with Crippen LogP contribution in [-0.2, 0) is 12.8 Å². The van der Waals surface area contributed by atoms with E-state index in [2.05, 4.69) is 14.7 Å². The van der Waals surface area contributed by atoms with Crippen LogP contribution in [0.2, 0.25) is 0 Å². The van der Waals surface area contributed by atoms with Gasteiger partial charge in [0.2, 0.25) is 5.88 Å². The predicted octanol–water partition coefficient (Wildman–Crippen LogP) is 3.10. The molecule has 0 spiro atoms. The molecule has 0 unspecified atom stereocenters. The third kappa shape index (κ3) is 4.68. The minimum absolute atomic E-state index is 0.125. The molecule has 2 rings (SSSR count). The minimum atomic E-state index is -1.34. The van der Waals surface area contributed by atoms with Crippen LogP contribution in [0.3, 0.4) is 0 Å². The van der Waals surface area contributed by atoms with E-state index < -0.39 is 6.16 Å². The Morgan fingerprint density at radius 3 is 2.70 bits per heavy atom. The van der Waals surface area contributed by atoms with Crippen molar-refractivity contribution in [1.29, 1.82) is 0 Å². The van der Waals surface area contributed by atoms with E-state index in [1.54, 1.807) is 18.5 Å². The normalized spacial score (nSPS) is 10.2. The van der Waals surface area contributed by atoms with E-state index in [1.807, 2.05) is 24.3 Å². The Hall–Kier alpha value is -2.43. The van der Waals surface area contributed by atoms with Gasteiger partial charge in [-0.1, -0.05) is 6.07 Å². The molecule has 0 aliphatic rings. The van der Waals surface area contributed by atoms with Crippen molar-refractivity contribution in [3.63, 3.8) is 0 Å². The maximum atomic E-state index is 10.4. The first-order valence-corrected chi connectivity index (χ1v) is 6.49. The zero-order chi connectivity index (χ0) is 14.2. The van der Waals surface area contributed by atoms with Crippen LogP contribution in [0.5, 0.6) is 5.88 Å². The SMILES string of the molecule is O=C(O)Oc1cc(CCCCc2ccccn2)ccn1. The van der Waals surface area contributed by atoms with E-state index in [-0.39, 0.29) is 5.88 Å². The first kappa shape index (κ1) is 14.0. The van der Waals surface area contributed by atoms with Crippen LogP contribution in [0.4, 0.5) is 4.79 Å². The van der Waals surface area contributed by atoms with Gasteiger partial charge in [-0.3, -0.25) is 4.98 Å². The summed E-state index contributed by atoms with van der Waals surface area (Å²) in [5.41, 5.74) is 2.12. The molecule has 0 amide bonds. The molecule has 0 aromatic carbocycles. The molecule has 0 bridgehead atoms. The van der Waals surface area contributed by atoms with E-state index in [1.165, 1.54) is 0 Å². The Balaban J connectivity index is 1.78. The van der Waals surface area contributed by atoms with Gasteiger partial charge in [-0.05, 0) is 49.4 Å². The highest BCUT2D eigenvalue weighted by Gasteiger charge is 2.03. The molecule has 0 fully saturated rings. The van der Waals surface area contributed by atoms with Crippen molar-refractivity contribution in [2.45, 2.75) is 25.7 Å². The Bertz CT molecular complexity index is 558. The highest BCUT2D eigenvalue weighted by Crippen LogP contribution is 2.13. The summed E-state index contributed by atoms with van der Waals surface area (Å²) in [5, 5.41) is 8.53. The van der Waals surface area contributed by atoms with E-state index in [4.69, 9.17) is 5.11 Å². The molecule has 0 aliphatic carbocycles. The number of ether oxygens (including phenoxy) is 1. The fraction of sp³-hybridized carbons (Fsp3) is 0.267. The molecular formula is C15H16N2O3. The number of aromatic nitrogens is 2. The average Bonchev–Trinajstić information content (AvgIpc) is 2.44. The summed E-state index contributed by atoms with van der Waals surface area (Å²) in [4.78, 5) is 18.5. The lowest BCUT2D eigenvalue weighted by Crippen LogP contribution is -2.04. The number of rotatable bonds is 6. The van der Waals surface area contributed by atoms with Crippen molar-refractivity contribution < 1.29 is 14.6 Å². The van der Waals surface area contributed by atoms with Crippen LogP contribution >= 0.6 is 0 Å². The highest BCUT2D eigenvalue weighted by atomic mass is 16.7.